The number of methoxy groups -OCH3 is 1. The van der Waals surface area contributed by atoms with Gasteiger partial charge in [-0.3, -0.25) is 9.36 Å². The molecule has 0 radical (unpaired) electrons. The fraction of sp³-hybridized carbons (Fsp3) is 0.455. The second-order valence-electron chi connectivity index (χ2n) is 3.84. The van der Waals surface area contributed by atoms with Crippen molar-refractivity contribution in [2.24, 2.45) is 0 Å². The number of pyridine rings is 1. The predicted octanol–water partition coefficient (Wildman–Crippen LogP) is 1.45. The lowest BCUT2D eigenvalue weighted by Gasteiger charge is -2.05. The summed E-state index contributed by atoms with van der Waals surface area (Å²) >= 11 is 0.981. The monoisotopic (exact) mass is 306 g/mol. The summed E-state index contributed by atoms with van der Waals surface area (Å²) in [5, 5.41) is 9.87. The number of alkyl halides is 2. The molecule has 0 saturated carbocycles. The molecule has 0 unspecified atom stereocenters. The van der Waals surface area contributed by atoms with Crippen LogP contribution in [0.25, 0.3) is 10.3 Å². The largest absolute Gasteiger partial charge is 0.506 e. The Balaban J connectivity index is 2.43. The molecule has 0 aromatic carbocycles. The maximum absolute atomic E-state index is 12.5. The lowest BCUT2D eigenvalue weighted by atomic mass is 10.4. The third kappa shape index (κ3) is 3.05. The van der Waals surface area contributed by atoms with Crippen molar-refractivity contribution in [1.29, 1.82) is 0 Å². The molecule has 9 heteroatoms. The molecule has 2 aromatic rings. The van der Waals surface area contributed by atoms with Crippen molar-refractivity contribution in [2.45, 2.75) is 13.0 Å². The van der Waals surface area contributed by atoms with Crippen LogP contribution in [0.4, 0.5) is 8.78 Å². The first-order valence-electron chi connectivity index (χ1n) is 5.66. The molecule has 0 aliphatic carbocycles. The Bertz CT molecular complexity index is 656. The van der Waals surface area contributed by atoms with E-state index in [1.54, 1.807) is 0 Å². The maximum atomic E-state index is 12.5. The minimum atomic E-state index is -2.69. The fourth-order valence-electron chi connectivity index (χ4n) is 1.60. The van der Waals surface area contributed by atoms with Crippen molar-refractivity contribution >= 4 is 21.7 Å². The molecule has 20 heavy (non-hydrogen) atoms. The Morgan fingerprint density at radius 2 is 2.25 bits per heavy atom. The van der Waals surface area contributed by atoms with E-state index in [0.29, 0.717) is 6.61 Å². The molecule has 2 aromatic heterocycles. The first kappa shape index (κ1) is 14.7. The predicted molar refractivity (Wildman–Crippen MR) is 68.9 cm³/mol. The molecule has 0 atom stereocenters. The molecule has 0 aliphatic rings. The Morgan fingerprint density at radius 1 is 1.50 bits per heavy atom. The van der Waals surface area contributed by atoms with Crippen LogP contribution in [0, 0.1) is 0 Å². The van der Waals surface area contributed by atoms with Crippen molar-refractivity contribution in [3.8, 4) is 10.9 Å². The van der Waals surface area contributed by atoms with E-state index in [1.165, 1.54) is 7.11 Å². The molecule has 0 fully saturated rings. The molecule has 2 rings (SSSR count). The van der Waals surface area contributed by atoms with E-state index < -0.39 is 18.5 Å². The quantitative estimate of drug-likeness (QED) is 0.818. The first-order valence-corrected chi connectivity index (χ1v) is 6.47. The van der Waals surface area contributed by atoms with E-state index in [0.717, 1.165) is 22.0 Å². The zero-order chi connectivity index (χ0) is 14.7. The lowest BCUT2D eigenvalue weighted by Crippen LogP contribution is -2.22. The van der Waals surface area contributed by atoms with Crippen LogP contribution >= 0.6 is 11.3 Å². The molecule has 0 aliphatic heterocycles. The fourth-order valence-corrected chi connectivity index (χ4v) is 2.46. The average molecular weight is 306 g/mol. The van der Waals surface area contributed by atoms with E-state index >= 15 is 0 Å². The van der Waals surface area contributed by atoms with Gasteiger partial charge in [-0.15, -0.1) is 0 Å². The molecular weight excluding hydrogens is 294 g/mol. The number of hydrogen-bond acceptors (Lipinski definition) is 6. The molecule has 0 saturated heterocycles. The number of aromatic hydroxyl groups is 1. The molecule has 110 valence electrons. The Kier molecular flexibility index (Phi) is 4.50. The van der Waals surface area contributed by atoms with Gasteiger partial charge in [0.2, 0.25) is 0 Å². The lowest BCUT2D eigenvalue weighted by molar-refractivity contribution is 0.126. The van der Waals surface area contributed by atoms with Gasteiger partial charge in [0.1, 0.15) is 17.1 Å². The van der Waals surface area contributed by atoms with Crippen LogP contribution in [0.1, 0.15) is 0 Å². The number of fused-ring (bicyclic) bond motifs is 1. The number of aromatic nitrogens is 2. The molecule has 1 N–H and O–H groups in total. The summed E-state index contributed by atoms with van der Waals surface area (Å²) in [6.45, 7) is -0.210. The number of ether oxygens (including phenoxy) is 2. The molecule has 0 spiro atoms. The average Bonchev–Trinajstić information content (AvgIpc) is 2.79. The number of nitrogens with zero attached hydrogens (tertiary/aromatic N) is 2. The van der Waals surface area contributed by atoms with Crippen LogP contribution in [0.15, 0.2) is 10.9 Å². The van der Waals surface area contributed by atoms with Crippen LogP contribution in [0.3, 0.4) is 0 Å². The number of thiazole rings is 1. The van der Waals surface area contributed by atoms with Crippen molar-refractivity contribution in [3.63, 3.8) is 0 Å². The second-order valence-corrected chi connectivity index (χ2v) is 4.80. The Morgan fingerprint density at radius 3 is 2.90 bits per heavy atom. The third-order valence-corrected chi connectivity index (χ3v) is 3.42. The van der Waals surface area contributed by atoms with Crippen molar-refractivity contribution in [3.05, 3.63) is 16.4 Å². The number of hydrogen-bond donors (Lipinski definition) is 1. The van der Waals surface area contributed by atoms with Gasteiger partial charge < -0.3 is 14.6 Å². The van der Waals surface area contributed by atoms with E-state index in [9.17, 15) is 18.7 Å². The van der Waals surface area contributed by atoms with Crippen LogP contribution in [0.5, 0.6) is 10.9 Å². The van der Waals surface area contributed by atoms with E-state index in [4.69, 9.17) is 9.47 Å². The summed E-state index contributed by atoms with van der Waals surface area (Å²) in [5.41, 5.74) is -0.739. The number of halogens is 2. The van der Waals surface area contributed by atoms with Gasteiger partial charge in [-0.05, 0) is 0 Å². The van der Waals surface area contributed by atoms with Gasteiger partial charge in [-0.2, -0.15) is 4.98 Å². The molecular formula is C11H12F2N2O4S. The van der Waals surface area contributed by atoms with Crippen LogP contribution in [0.2, 0.25) is 0 Å². The Hall–Kier alpha value is -1.74. The van der Waals surface area contributed by atoms with Crippen LogP contribution in [-0.2, 0) is 11.3 Å². The van der Waals surface area contributed by atoms with Crippen molar-refractivity contribution in [2.75, 3.05) is 20.3 Å². The molecule has 0 amide bonds. The first-order chi connectivity index (χ1) is 9.52. The molecule has 6 nitrogen and oxygen atoms in total. The highest BCUT2D eigenvalue weighted by Crippen LogP contribution is 2.33. The molecule has 0 bridgehead atoms. The maximum Gasteiger partial charge on any atom is 0.276 e. The summed E-state index contributed by atoms with van der Waals surface area (Å²) in [6, 6.07) is 0.891. The highest BCUT2D eigenvalue weighted by Gasteiger charge is 2.17. The van der Waals surface area contributed by atoms with Gasteiger partial charge in [0.25, 0.3) is 17.2 Å². The summed E-state index contributed by atoms with van der Waals surface area (Å²) in [4.78, 5) is 15.6. The SMILES string of the molecule is COCCOc1nc2c(s1)c(O)cc(=O)n2CC(F)F. The van der Waals surface area contributed by atoms with Gasteiger partial charge in [0, 0.05) is 13.2 Å². The van der Waals surface area contributed by atoms with E-state index in [-0.39, 0.29) is 27.9 Å². The van der Waals surface area contributed by atoms with E-state index in [2.05, 4.69) is 4.98 Å². The minimum absolute atomic E-state index is 0.00674. The number of rotatable bonds is 6. The normalized spacial score (nSPS) is 11.4. The van der Waals surface area contributed by atoms with Gasteiger partial charge in [-0.25, -0.2) is 8.78 Å². The highest BCUT2D eigenvalue weighted by molar-refractivity contribution is 7.20. The summed E-state index contributed by atoms with van der Waals surface area (Å²) < 4.78 is 36.1. The zero-order valence-corrected chi connectivity index (χ0v) is 11.3. The van der Waals surface area contributed by atoms with Gasteiger partial charge in [0.15, 0.2) is 5.65 Å². The topological polar surface area (TPSA) is 73.6 Å². The van der Waals surface area contributed by atoms with Gasteiger partial charge >= 0.3 is 0 Å². The van der Waals surface area contributed by atoms with Crippen molar-refractivity contribution in [1.82, 2.24) is 9.55 Å². The van der Waals surface area contributed by atoms with Crippen molar-refractivity contribution < 1.29 is 23.4 Å². The summed E-state index contributed by atoms with van der Waals surface area (Å²) in [5.74, 6) is -0.297. The standard InChI is InChI=1S/C11H12F2N2O4S/c1-18-2-3-19-11-14-10-9(20-11)6(16)4-8(17)15(10)5-7(12)13/h4,7,16H,2-3,5H2,1H3. The smallest absolute Gasteiger partial charge is 0.276 e. The highest BCUT2D eigenvalue weighted by atomic mass is 32.1. The van der Waals surface area contributed by atoms with Crippen LogP contribution in [-0.4, -0.2) is 41.4 Å². The minimum Gasteiger partial charge on any atom is -0.506 e. The molecule has 2 heterocycles. The second kappa shape index (κ2) is 6.14. The third-order valence-electron chi connectivity index (χ3n) is 2.44. The van der Waals surface area contributed by atoms with Crippen LogP contribution < -0.4 is 10.3 Å². The zero-order valence-electron chi connectivity index (χ0n) is 10.5. The van der Waals surface area contributed by atoms with Gasteiger partial charge in [0.05, 0.1) is 13.2 Å². The Labute approximate surface area is 116 Å². The van der Waals surface area contributed by atoms with Gasteiger partial charge in [-0.1, -0.05) is 11.3 Å². The summed E-state index contributed by atoms with van der Waals surface area (Å²) in [7, 11) is 1.51. The van der Waals surface area contributed by atoms with E-state index in [1.807, 2.05) is 0 Å². The summed E-state index contributed by atoms with van der Waals surface area (Å²) in [6.07, 6.45) is -2.69.